The average Bonchev–Trinajstić information content (AvgIpc) is 2.34. The van der Waals surface area contributed by atoms with Crippen LogP contribution in [-0.4, -0.2) is 25.1 Å². The molecule has 0 aliphatic heterocycles. The molecule has 0 aliphatic carbocycles. The molecule has 1 aromatic carbocycles. The van der Waals surface area contributed by atoms with Gasteiger partial charge in [-0.05, 0) is 17.7 Å². The lowest BCUT2D eigenvalue weighted by Crippen LogP contribution is -1.90. The normalized spacial score (nSPS) is 10.5. The first kappa shape index (κ1) is 13.6. The van der Waals surface area contributed by atoms with Crippen molar-refractivity contribution in [2.45, 2.75) is 6.92 Å². The Kier molecular flexibility index (Phi) is 5.63. The molecule has 0 radical (unpaired) electrons. The largest absolute Gasteiger partial charge is 0.493 e. The maximum atomic E-state index is 10.7. The van der Waals surface area contributed by atoms with Crippen LogP contribution in [0.5, 0.6) is 11.5 Å². The Hall–Kier alpha value is -1.42. The molecule has 0 fully saturated rings. The third kappa shape index (κ3) is 4.53. The molecule has 17 heavy (non-hydrogen) atoms. The monoisotopic (exact) mass is 252 g/mol. The summed E-state index contributed by atoms with van der Waals surface area (Å²) in [6.45, 7) is 1.56. The number of carbonyl (C=O) groups excluding carboxylic acids is 1. The first-order valence-corrected chi connectivity index (χ1v) is 6.18. The van der Waals surface area contributed by atoms with Gasteiger partial charge in [-0.15, -0.1) is 0 Å². The summed E-state index contributed by atoms with van der Waals surface area (Å²) in [6, 6.07) is 5.70. The van der Waals surface area contributed by atoms with Gasteiger partial charge in [0.15, 0.2) is 16.6 Å². The summed E-state index contributed by atoms with van der Waals surface area (Å²) >= 11 is 1.29. The fourth-order valence-corrected chi connectivity index (χ4v) is 1.73. The van der Waals surface area contributed by atoms with Crippen molar-refractivity contribution in [1.29, 1.82) is 0 Å². The molecule has 0 amide bonds. The Labute approximate surface area is 106 Å². The van der Waals surface area contributed by atoms with E-state index in [2.05, 4.69) is 0 Å². The number of hydrogen-bond acceptors (Lipinski definition) is 4. The predicted octanol–water partition coefficient (Wildman–Crippen LogP) is 3.00. The summed E-state index contributed by atoms with van der Waals surface area (Å²) in [4.78, 5) is 10.7. The lowest BCUT2D eigenvalue weighted by Gasteiger charge is -2.07. The molecule has 1 rings (SSSR count). The number of thioether (sulfide) groups is 1. The van der Waals surface area contributed by atoms with Crippen LogP contribution >= 0.6 is 11.8 Å². The molecule has 0 bridgehead atoms. The fourth-order valence-electron chi connectivity index (χ4n) is 1.31. The van der Waals surface area contributed by atoms with E-state index in [0.717, 1.165) is 5.56 Å². The summed E-state index contributed by atoms with van der Waals surface area (Å²) in [5, 5.41) is 0.127. The van der Waals surface area contributed by atoms with Crippen molar-refractivity contribution in [3.63, 3.8) is 0 Å². The number of ether oxygens (including phenoxy) is 2. The Bertz CT molecular complexity index is 413. The van der Waals surface area contributed by atoms with Gasteiger partial charge in [-0.2, -0.15) is 0 Å². The van der Waals surface area contributed by atoms with Crippen LogP contribution in [0.2, 0.25) is 0 Å². The number of carbonyl (C=O) groups is 1. The summed E-state index contributed by atoms with van der Waals surface area (Å²) < 4.78 is 10.4. The van der Waals surface area contributed by atoms with E-state index in [1.54, 1.807) is 21.1 Å². The van der Waals surface area contributed by atoms with Gasteiger partial charge in [0.2, 0.25) is 0 Å². The van der Waals surface area contributed by atoms with Crippen LogP contribution in [-0.2, 0) is 4.79 Å². The van der Waals surface area contributed by atoms with Crippen molar-refractivity contribution in [3.8, 4) is 11.5 Å². The maximum Gasteiger partial charge on any atom is 0.186 e. The van der Waals surface area contributed by atoms with Crippen molar-refractivity contribution in [2.24, 2.45) is 0 Å². The molecular weight excluding hydrogens is 236 g/mol. The van der Waals surface area contributed by atoms with Crippen LogP contribution in [0.4, 0.5) is 0 Å². The lowest BCUT2D eigenvalue weighted by atomic mass is 10.2. The van der Waals surface area contributed by atoms with Gasteiger partial charge >= 0.3 is 0 Å². The van der Waals surface area contributed by atoms with E-state index in [-0.39, 0.29) is 5.12 Å². The zero-order valence-electron chi connectivity index (χ0n) is 10.2. The molecule has 0 spiro atoms. The number of methoxy groups -OCH3 is 2. The van der Waals surface area contributed by atoms with E-state index in [9.17, 15) is 4.79 Å². The molecule has 0 heterocycles. The Morgan fingerprint density at radius 1 is 1.29 bits per heavy atom. The molecular formula is C13H16O3S. The maximum absolute atomic E-state index is 10.7. The molecule has 0 saturated heterocycles. The number of hydrogen-bond donors (Lipinski definition) is 0. The van der Waals surface area contributed by atoms with Crippen molar-refractivity contribution < 1.29 is 14.3 Å². The first-order chi connectivity index (χ1) is 8.17. The lowest BCUT2D eigenvalue weighted by molar-refractivity contribution is -0.109. The van der Waals surface area contributed by atoms with Gasteiger partial charge in [0.05, 0.1) is 14.2 Å². The zero-order valence-corrected chi connectivity index (χ0v) is 11.0. The second-order valence-corrected chi connectivity index (χ2v) is 4.52. The van der Waals surface area contributed by atoms with Gasteiger partial charge < -0.3 is 9.47 Å². The molecule has 0 N–H and O–H groups in total. The van der Waals surface area contributed by atoms with Gasteiger partial charge in [-0.25, -0.2) is 0 Å². The smallest absolute Gasteiger partial charge is 0.186 e. The molecule has 0 aliphatic rings. The van der Waals surface area contributed by atoms with E-state index in [0.29, 0.717) is 17.3 Å². The molecule has 1 aromatic rings. The molecule has 4 heteroatoms. The second kappa shape index (κ2) is 7.01. The van der Waals surface area contributed by atoms with Gasteiger partial charge in [0.1, 0.15) is 0 Å². The van der Waals surface area contributed by atoms with Gasteiger partial charge in [0, 0.05) is 12.7 Å². The standard InChI is InChI=1S/C13H16O3S/c1-10(14)17-8-4-5-11-6-7-12(15-2)13(9-11)16-3/h4-7,9H,8H2,1-3H3. The van der Waals surface area contributed by atoms with Crippen molar-refractivity contribution >= 4 is 23.0 Å². The topological polar surface area (TPSA) is 35.5 Å². The highest BCUT2D eigenvalue weighted by molar-refractivity contribution is 8.13. The minimum Gasteiger partial charge on any atom is -0.493 e. The molecule has 0 saturated carbocycles. The van der Waals surface area contributed by atoms with Crippen LogP contribution in [0, 0.1) is 0 Å². The quantitative estimate of drug-likeness (QED) is 0.807. The molecule has 3 nitrogen and oxygen atoms in total. The Morgan fingerprint density at radius 2 is 2.00 bits per heavy atom. The van der Waals surface area contributed by atoms with E-state index in [1.807, 2.05) is 30.4 Å². The SMILES string of the molecule is COc1ccc(C=CCSC(C)=O)cc1OC. The van der Waals surface area contributed by atoms with Crippen molar-refractivity contribution in [1.82, 2.24) is 0 Å². The van der Waals surface area contributed by atoms with Crippen LogP contribution < -0.4 is 9.47 Å². The van der Waals surface area contributed by atoms with Crippen LogP contribution in [0.3, 0.4) is 0 Å². The highest BCUT2D eigenvalue weighted by atomic mass is 32.2. The highest BCUT2D eigenvalue weighted by Gasteiger charge is 2.02. The van der Waals surface area contributed by atoms with E-state index < -0.39 is 0 Å². The van der Waals surface area contributed by atoms with Crippen molar-refractivity contribution in [3.05, 3.63) is 29.8 Å². The molecule has 0 atom stereocenters. The summed E-state index contributed by atoms with van der Waals surface area (Å²) in [5.41, 5.74) is 1.02. The number of rotatable bonds is 5. The van der Waals surface area contributed by atoms with E-state index in [1.165, 1.54) is 11.8 Å². The Balaban J connectivity index is 2.68. The minimum atomic E-state index is 0.127. The minimum absolute atomic E-state index is 0.127. The summed E-state index contributed by atoms with van der Waals surface area (Å²) in [6.07, 6.45) is 3.91. The van der Waals surface area contributed by atoms with E-state index in [4.69, 9.17) is 9.47 Å². The van der Waals surface area contributed by atoms with E-state index >= 15 is 0 Å². The van der Waals surface area contributed by atoms with Crippen molar-refractivity contribution in [2.75, 3.05) is 20.0 Å². The molecule has 92 valence electrons. The van der Waals surface area contributed by atoms with Crippen LogP contribution in [0.25, 0.3) is 6.08 Å². The zero-order chi connectivity index (χ0) is 12.7. The Morgan fingerprint density at radius 3 is 2.59 bits per heavy atom. The third-order valence-electron chi connectivity index (χ3n) is 2.10. The second-order valence-electron chi connectivity index (χ2n) is 3.32. The highest BCUT2D eigenvalue weighted by Crippen LogP contribution is 2.27. The molecule has 0 aromatic heterocycles. The van der Waals surface area contributed by atoms with Gasteiger partial charge in [-0.1, -0.05) is 30.0 Å². The summed E-state index contributed by atoms with van der Waals surface area (Å²) in [7, 11) is 3.22. The predicted molar refractivity (Wildman–Crippen MR) is 71.7 cm³/mol. The molecule has 0 unspecified atom stereocenters. The van der Waals surface area contributed by atoms with Gasteiger partial charge in [-0.3, -0.25) is 4.79 Å². The van der Waals surface area contributed by atoms with Gasteiger partial charge in [0.25, 0.3) is 0 Å². The third-order valence-corrected chi connectivity index (χ3v) is 2.87. The first-order valence-electron chi connectivity index (χ1n) is 5.19. The fraction of sp³-hybridized carbons (Fsp3) is 0.308. The number of benzene rings is 1. The van der Waals surface area contributed by atoms with Crippen LogP contribution in [0.15, 0.2) is 24.3 Å². The summed E-state index contributed by atoms with van der Waals surface area (Å²) in [5.74, 6) is 2.10. The average molecular weight is 252 g/mol. The van der Waals surface area contributed by atoms with Crippen LogP contribution in [0.1, 0.15) is 12.5 Å².